The predicted octanol–water partition coefficient (Wildman–Crippen LogP) is -0.336. The average Bonchev–Trinajstić information content (AvgIpc) is 2.76. The number of aliphatic hydroxyl groups is 2. The molecule has 0 aliphatic heterocycles. The standard InChI is InChI=1S/C7H9BO5.C6H14O2/c1-2-12-7(9)5-3-4-6(13-5)8(10)11;1-5(2,7)6(3,4)8/h3-4,10-11H,2H2,1H3;7-8H,1-4H3. The van der Waals surface area contributed by atoms with Gasteiger partial charge in [-0.1, -0.05) is 0 Å². The normalized spacial score (nSPS) is 11.5. The van der Waals surface area contributed by atoms with E-state index in [1.165, 1.54) is 12.1 Å². The van der Waals surface area contributed by atoms with Crippen LogP contribution in [0, 0.1) is 0 Å². The molecule has 0 saturated heterocycles. The van der Waals surface area contributed by atoms with Crippen LogP contribution < -0.4 is 5.66 Å². The summed E-state index contributed by atoms with van der Waals surface area (Å²) in [6.45, 7) is 8.22. The lowest BCUT2D eigenvalue weighted by atomic mass is 9.88. The summed E-state index contributed by atoms with van der Waals surface area (Å²) in [6.07, 6.45) is 0. The molecule has 0 aromatic carbocycles. The Balaban J connectivity index is 0.000000433. The number of esters is 1. The Morgan fingerprint density at radius 2 is 1.67 bits per heavy atom. The maximum atomic E-state index is 11.0. The highest BCUT2D eigenvalue weighted by Crippen LogP contribution is 2.19. The van der Waals surface area contributed by atoms with Crippen molar-refractivity contribution < 1.29 is 34.2 Å². The molecular formula is C13H23BO7. The summed E-state index contributed by atoms with van der Waals surface area (Å²) in [5.74, 6) is -0.653. The number of hydrogen-bond acceptors (Lipinski definition) is 7. The molecule has 0 saturated carbocycles. The Bertz CT molecular complexity index is 428. The van der Waals surface area contributed by atoms with E-state index >= 15 is 0 Å². The number of ether oxygens (including phenoxy) is 1. The maximum absolute atomic E-state index is 11.0. The molecule has 0 radical (unpaired) electrons. The van der Waals surface area contributed by atoms with Crippen molar-refractivity contribution in [2.45, 2.75) is 45.8 Å². The van der Waals surface area contributed by atoms with E-state index in [0.29, 0.717) is 0 Å². The highest BCUT2D eigenvalue weighted by atomic mass is 16.5. The van der Waals surface area contributed by atoms with Gasteiger partial charge in [0.1, 0.15) is 5.66 Å². The molecule has 0 bridgehead atoms. The summed E-state index contributed by atoms with van der Waals surface area (Å²) < 4.78 is 9.41. The molecule has 7 nitrogen and oxygen atoms in total. The van der Waals surface area contributed by atoms with Crippen LogP contribution in [0.5, 0.6) is 0 Å². The number of hydrogen-bond donors (Lipinski definition) is 4. The number of carbonyl (C=O) groups is 1. The Labute approximate surface area is 124 Å². The van der Waals surface area contributed by atoms with Crippen LogP contribution in [-0.4, -0.2) is 51.2 Å². The Hall–Kier alpha value is -1.35. The van der Waals surface area contributed by atoms with Crippen molar-refractivity contribution in [3.63, 3.8) is 0 Å². The molecule has 1 aromatic heterocycles. The highest BCUT2D eigenvalue weighted by Gasteiger charge is 2.31. The smallest absolute Gasteiger partial charge is 0.460 e. The van der Waals surface area contributed by atoms with Crippen LogP contribution in [0.4, 0.5) is 0 Å². The minimum atomic E-state index is -1.71. The van der Waals surface area contributed by atoms with Gasteiger partial charge >= 0.3 is 13.1 Å². The summed E-state index contributed by atoms with van der Waals surface area (Å²) in [4.78, 5) is 11.0. The fourth-order valence-corrected chi connectivity index (χ4v) is 0.804. The minimum Gasteiger partial charge on any atom is -0.460 e. The van der Waals surface area contributed by atoms with Crippen LogP contribution in [0.25, 0.3) is 0 Å². The molecule has 0 spiro atoms. The fourth-order valence-electron chi connectivity index (χ4n) is 0.804. The molecule has 120 valence electrons. The van der Waals surface area contributed by atoms with Crippen LogP contribution in [-0.2, 0) is 4.74 Å². The van der Waals surface area contributed by atoms with Gasteiger partial charge in [0.25, 0.3) is 0 Å². The van der Waals surface area contributed by atoms with E-state index in [1.807, 2.05) is 0 Å². The molecule has 4 N–H and O–H groups in total. The van der Waals surface area contributed by atoms with E-state index in [-0.39, 0.29) is 18.0 Å². The Kier molecular flexibility index (Phi) is 7.12. The van der Waals surface area contributed by atoms with Gasteiger partial charge in [0.2, 0.25) is 5.76 Å². The third-order valence-electron chi connectivity index (χ3n) is 2.86. The predicted molar refractivity (Wildman–Crippen MR) is 77.1 cm³/mol. The third kappa shape index (κ3) is 6.77. The molecule has 0 atom stereocenters. The van der Waals surface area contributed by atoms with Gasteiger partial charge in [-0.15, -0.1) is 0 Å². The number of rotatable bonds is 4. The van der Waals surface area contributed by atoms with E-state index in [4.69, 9.17) is 24.7 Å². The zero-order valence-corrected chi connectivity index (χ0v) is 13.0. The zero-order chi connectivity index (χ0) is 16.8. The Morgan fingerprint density at radius 3 is 1.95 bits per heavy atom. The van der Waals surface area contributed by atoms with Gasteiger partial charge in [0.15, 0.2) is 0 Å². The molecule has 21 heavy (non-hydrogen) atoms. The van der Waals surface area contributed by atoms with Crippen molar-refractivity contribution in [3.05, 3.63) is 17.9 Å². The van der Waals surface area contributed by atoms with Gasteiger partial charge in [0.05, 0.1) is 17.8 Å². The van der Waals surface area contributed by atoms with Crippen molar-refractivity contribution in [2.75, 3.05) is 6.61 Å². The lowest BCUT2D eigenvalue weighted by Crippen LogP contribution is -2.44. The number of carbonyl (C=O) groups excluding carboxylic acids is 1. The summed E-state index contributed by atoms with van der Waals surface area (Å²) in [6, 6.07) is 2.63. The molecule has 0 unspecified atom stereocenters. The molecule has 0 amide bonds. The van der Waals surface area contributed by atoms with Crippen molar-refractivity contribution in [3.8, 4) is 0 Å². The highest BCUT2D eigenvalue weighted by molar-refractivity contribution is 6.57. The van der Waals surface area contributed by atoms with Crippen LogP contribution in [0.3, 0.4) is 0 Å². The molecule has 1 rings (SSSR count). The summed E-state index contributed by atoms with van der Waals surface area (Å²) in [5, 5.41) is 35.5. The average molecular weight is 302 g/mol. The molecule has 1 heterocycles. The van der Waals surface area contributed by atoms with Crippen LogP contribution in [0.15, 0.2) is 16.5 Å². The monoisotopic (exact) mass is 302 g/mol. The van der Waals surface area contributed by atoms with Crippen molar-refractivity contribution in [1.29, 1.82) is 0 Å². The van der Waals surface area contributed by atoms with Crippen LogP contribution in [0.2, 0.25) is 0 Å². The Morgan fingerprint density at radius 1 is 1.19 bits per heavy atom. The summed E-state index contributed by atoms with van der Waals surface area (Å²) in [5.41, 5.74) is -2.09. The molecule has 0 aliphatic rings. The molecule has 0 aliphatic carbocycles. The second kappa shape index (κ2) is 7.60. The molecule has 8 heteroatoms. The third-order valence-corrected chi connectivity index (χ3v) is 2.86. The summed E-state index contributed by atoms with van der Waals surface area (Å²) >= 11 is 0. The van der Waals surface area contributed by atoms with E-state index in [1.54, 1.807) is 34.6 Å². The van der Waals surface area contributed by atoms with Crippen molar-refractivity contribution >= 4 is 18.7 Å². The SMILES string of the molecule is CC(C)(O)C(C)(C)O.CCOC(=O)c1ccc(B(O)O)o1. The second-order valence-corrected chi connectivity index (χ2v) is 5.41. The lowest BCUT2D eigenvalue weighted by molar-refractivity contribution is -0.107. The lowest BCUT2D eigenvalue weighted by Gasteiger charge is -2.31. The first-order valence-electron chi connectivity index (χ1n) is 6.48. The number of furan rings is 1. The topological polar surface area (TPSA) is 120 Å². The van der Waals surface area contributed by atoms with Gasteiger partial charge in [-0.2, -0.15) is 0 Å². The molecule has 1 aromatic rings. The summed E-state index contributed by atoms with van der Waals surface area (Å²) in [7, 11) is -1.71. The van der Waals surface area contributed by atoms with Gasteiger partial charge in [0, 0.05) is 0 Å². The minimum absolute atomic E-state index is 0.0371. The van der Waals surface area contributed by atoms with Gasteiger partial charge < -0.3 is 29.4 Å². The second-order valence-electron chi connectivity index (χ2n) is 5.41. The van der Waals surface area contributed by atoms with Gasteiger partial charge in [-0.3, -0.25) is 0 Å². The first kappa shape index (κ1) is 19.7. The van der Waals surface area contributed by atoms with Crippen LogP contribution in [0.1, 0.15) is 45.2 Å². The quantitative estimate of drug-likeness (QED) is 0.444. The largest absolute Gasteiger partial charge is 0.526 e. The molecule has 0 fully saturated rings. The van der Waals surface area contributed by atoms with E-state index in [2.05, 4.69) is 4.74 Å². The van der Waals surface area contributed by atoms with Crippen molar-refractivity contribution in [2.24, 2.45) is 0 Å². The van der Waals surface area contributed by atoms with Crippen LogP contribution >= 0.6 is 0 Å². The van der Waals surface area contributed by atoms with Gasteiger partial charge in [-0.25, -0.2) is 4.79 Å². The first-order chi connectivity index (χ1) is 9.40. The van der Waals surface area contributed by atoms with E-state index in [9.17, 15) is 4.79 Å². The van der Waals surface area contributed by atoms with E-state index < -0.39 is 24.3 Å². The fraction of sp³-hybridized carbons (Fsp3) is 0.615. The molecular weight excluding hydrogens is 279 g/mol. The van der Waals surface area contributed by atoms with Crippen molar-refractivity contribution in [1.82, 2.24) is 0 Å². The van der Waals surface area contributed by atoms with E-state index in [0.717, 1.165) is 0 Å². The zero-order valence-electron chi connectivity index (χ0n) is 13.0. The first-order valence-corrected chi connectivity index (χ1v) is 6.48. The van der Waals surface area contributed by atoms with Gasteiger partial charge in [-0.05, 0) is 46.8 Å². The maximum Gasteiger partial charge on any atom is 0.526 e.